The fourth-order valence-electron chi connectivity index (χ4n) is 1.61. The third-order valence-electron chi connectivity index (χ3n) is 2.44. The van der Waals surface area contributed by atoms with Gasteiger partial charge in [0.05, 0.1) is 0 Å². The van der Waals surface area contributed by atoms with Crippen molar-refractivity contribution in [3.63, 3.8) is 0 Å². The number of rotatable bonds is 8. The molecule has 1 amide bonds. The normalized spacial score (nSPS) is 10.1. The number of nitrogens with two attached hydrogens (primary N) is 1. The van der Waals surface area contributed by atoms with E-state index in [9.17, 15) is 4.79 Å². The monoisotopic (exact) mass is 264 g/mol. The van der Waals surface area contributed by atoms with Gasteiger partial charge in [-0.05, 0) is 24.6 Å². The first-order valence-electron chi connectivity index (χ1n) is 6.04. The van der Waals surface area contributed by atoms with Crippen molar-refractivity contribution in [2.45, 2.75) is 6.42 Å². The van der Waals surface area contributed by atoms with Gasteiger partial charge in [0.2, 0.25) is 0 Å². The highest BCUT2D eigenvalue weighted by Crippen LogP contribution is 2.09. The van der Waals surface area contributed by atoms with Crippen LogP contribution in [0, 0.1) is 0 Å². The highest BCUT2D eigenvalue weighted by molar-refractivity contribution is 7.99. The molecule has 0 aliphatic rings. The predicted molar refractivity (Wildman–Crippen MR) is 79.1 cm³/mol. The van der Waals surface area contributed by atoms with Gasteiger partial charge in [0, 0.05) is 23.6 Å². The van der Waals surface area contributed by atoms with Gasteiger partial charge in [-0.2, -0.15) is 11.8 Å². The van der Waals surface area contributed by atoms with Crippen molar-refractivity contribution < 1.29 is 4.79 Å². The molecule has 3 N–H and O–H groups in total. The molecule has 0 spiro atoms. The Labute approximate surface area is 113 Å². The second kappa shape index (κ2) is 8.78. The Morgan fingerprint density at radius 1 is 1.44 bits per heavy atom. The third kappa shape index (κ3) is 4.94. The van der Waals surface area contributed by atoms with Crippen LogP contribution in [0.4, 0.5) is 0 Å². The Bertz CT molecular complexity index is 393. The number of amides is 1. The van der Waals surface area contributed by atoms with Crippen LogP contribution in [0.15, 0.2) is 36.9 Å². The average molecular weight is 264 g/mol. The van der Waals surface area contributed by atoms with Crippen molar-refractivity contribution in [3.8, 4) is 0 Å². The Morgan fingerprint density at radius 2 is 2.22 bits per heavy atom. The standard InChI is InChI=1S/C14H20N2OS/c1-2-10-18-11-9-16-14(17)13-6-4-3-5-12(13)7-8-15/h2-6H,1,7-11,15H2,(H,16,17). The molecule has 0 aliphatic heterocycles. The van der Waals surface area contributed by atoms with E-state index in [0.717, 1.165) is 29.1 Å². The first-order valence-corrected chi connectivity index (χ1v) is 7.20. The smallest absolute Gasteiger partial charge is 0.251 e. The summed E-state index contributed by atoms with van der Waals surface area (Å²) in [6.07, 6.45) is 2.60. The van der Waals surface area contributed by atoms with Gasteiger partial charge < -0.3 is 11.1 Å². The molecule has 1 aromatic rings. The molecule has 98 valence electrons. The lowest BCUT2D eigenvalue weighted by molar-refractivity contribution is 0.0955. The fourth-order valence-corrected chi connectivity index (χ4v) is 2.19. The van der Waals surface area contributed by atoms with Gasteiger partial charge in [0.1, 0.15) is 0 Å². The van der Waals surface area contributed by atoms with E-state index < -0.39 is 0 Å². The highest BCUT2D eigenvalue weighted by atomic mass is 32.2. The van der Waals surface area contributed by atoms with Gasteiger partial charge in [-0.3, -0.25) is 4.79 Å². The van der Waals surface area contributed by atoms with Crippen LogP contribution in [0.1, 0.15) is 15.9 Å². The number of carbonyl (C=O) groups excluding carboxylic acids is 1. The van der Waals surface area contributed by atoms with E-state index in [-0.39, 0.29) is 5.91 Å². The zero-order valence-electron chi connectivity index (χ0n) is 10.5. The molecule has 0 aromatic heterocycles. The van der Waals surface area contributed by atoms with Crippen LogP contribution in [0.2, 0.25) is 0 Å². The van der Waals surface area contributed by atoms with E-state index in [4.69, 9.17) is 5.73 Å². The van der Waals surface area contributed by atoms with Crippen LogP contribution in [0.3, 0.4) is 0 Å². The molecule has 0 atom stereocenters. The summed E-state index contributed by atoms with van der Waals surface area (Å²) in [7, 11) is 0. The maximum Gasteiger partial charge on any atom is 0.251 e. The van der Waals surface area contributed by atoms with Crippen LogP contribution < -0.4 is 11.1 Å². The first-order chi connectivity index (χ1) is 8.79. The topological polar surface area (TPSA) is 55.1 Å². The molecular weight excluding hydrogens is 244 g/mol. The van der Waals surface area contributed by atoms with Gasteiger partial charge in [-0.1, -0.05) is 24.3 Å². The minimum Gasteiger partial charge on any atom is -0.351 e. The molecule has 1 aromatic carbocycles. The number of carbonyl (C=O) groups is 1. The van der Waals surface area contributed by atoms with E-state index in [1.54, 1.807) is 11.8 Å². The largest absolute Gasteiger partial charge is 0.351 e. The van der Waals surface area contributed by atoms with Gasteiger partial charge in [-0.15, -0.1) is 6.58 Å². The van der Waals surface area contributed by atoms with Crippen LogP contribution in [0.25, 0.3) is 0 Å². The maximum absolute atomic E-state index is 12.0. The number of thioether (sulfide) groups is 1. The second-order valence-corrected chi connectivity index (χ2v) is 4.97. The maximum atomic E-state index is 12.0. The molecule has 0 aliphatic carbocycles. The van der Waals surface area contributed by atoms with Crippen molar-refractivity contribution in [1.82, 2.24) is 5.32 Å². The molecule has 18 heavy (non-hydrogen) atoms. The predicted octanol–water partition coefficient (Wildman–Crippen LogP) is 1.84. The summed E-state index contributed by atoms with van der Waals surface area (Å²) in [5.74, 6) is 1.80. The molecule has 0 saturated carbocycles. The van der Waals surface area contributed by atoms with E-state index in [1.165, 1.54) is 0 Å². The quantitative estimate of drug-likeness (QED) is 0.556. The average Bonchev–Trinajstić information content (AvgIpc) is 2.39. The summed E-state index contributed by atoms with van der Waals surface area (Å²) in [4.78, 5) is 12.0. The molecule has 0 fully saturated rings. The van der Waals surface area contributed by atoms with Crippen molar-refractivity contribution >= 4 is 17.7 Å². The number of benzene rings is 1. The molecule has 1 rings (SSSR count). The molecule has 0 radical (unpaired) electrons. The van der Waals surface area contributed by atoms with Gasteiger partial charge in [-0.25, -0.2) is 0 Å². The zero-order chi connectivity index (χ0) is 13.2. The van der Waals surface area contributed by atoms with E-state index >= 15 is 0 Å². The minimum absolute atomic E-state index is 0.0155. The second-order valence-electron chi connectivity index (χ2n) is 3.82. The number of hydrogen-bond acceptors (Lipinski definition) is 3. The lowest BCUT2D eigenvalue weighted by Gasteiger charge is -2.09. The van der Waals surface area contributed by atoms with E-state index in [1.807, 2.05) is 30.3 Å². The summed E-state index contributed by atoms with van der Waals surface area (Å²) in [6.45, 7) is 4.88. The van der Waals surface area contributed by atoms with Crippen LogP contribution >= 0.6 is 11.8 Å². The Balaban J connectivity index is 2.47. The molecule has 3 nitrogen and oxygen atoms in total. The van der Waals surface area contributed by atoms with Crippen molar-refractivity contribution in [3.05, 3.63) is 48.0 Å². The third-order valence-corrected chi connectivity index (χ3v) is 3.41. The van der Waals surface area contributed by atoms with Crippen LogP contribution in [-0.4, -0.2) is 30.5 Å². The lowest BCUT2D eigenvalue weighted by atomic mass is 10.0. The molecule has 0 heterocycles. The van der Waals surface area contributed by atoms with Crippen molar-refractivity contribution in [1.29, 1.82) is 0 Å². The van der Waals surface area contributed by atoms with Crippen LogP contribution in [-0.2, 0) is 6.42 Å². The Kier molecular flexibility index (Phi) is 7.22. The highest BCUT2D eigenvalue weighted by Gasteiger charge is 2.09. The molecule has 4 heteroatoms. The van der Waals surface area contributed by atoms with E-state index in [0.29, 0.717) is 13.1 Å². The summed E-state index contributed by atoms with van der Waals surface area (Å²) < 4.78 is 0. The van der Waals surface area contributed by atoms with Crippen LogP contribution in [0.5, 0.6) is 0 Å². The molecule has 0 bridgehead atoms. The Hall–Kier alpha value is -1.26. The summed E-state index contributed by atoms with van der Waals surface area (Å²) >= 11 is 1.75. The Morgan fingerprint density at radius 3 is 2.94 bits per heavy atom. The fraction of sp³-hybridized carbons (Fsp3) is 0.357. The first kappa shape index (κ1) is 14.8. The number of nitrogens with one attached hydrogen (secondary N) is 1. The minimum atomic E-state index is -0.0155. The van der Waals surface area contributed by atoms with Gasteiger partial charge >= 0.3 is 0 Å². The SMILES string of the molecule is C=CCSCCNC(=O)c1ccccc1CCN. The molecular formula is C14H20N2OS. The van der Waals surface area contributed by atoms with Crippen molar-refractivity contribution in [2.24, 2.45) is 5.73 Å². The van der Waals surface area contributed by atoms with Gasteiger partial charge in [0.25, 0.3) is 5.91 Å². The van der Waals surface area contributed by atoms with Crippen molar-refractivity contribution in [2.75, 3.05) is 24.6 Å². The summed E-state index contributed by atoms with van der Waals surface area (Å²) in [6, 6.07) is 7.61. The van der Waals surface area contributed by atoms with Gasteiger partial charge in [0.15, 0.2) is 0 Å². The summed E-state index contributed by atoms with van der Waals surface area (Å²) in [5.41, 5.74) is 7.28. The lowest BCUT2D eigenvalue weighted by Crippen LogP contribution is -2.27. The molecule has 0 unspecified atom stereocenters. The summed E-state index contributed by atoms with van der Waals surface area (Å²) in [5, 5.41) is 2.92. The zero-order valence-corrected chi connectivity index (χ0v) is 11.3. The van der Waals surface area contributed by atoms with E-state index in [2.05, 4.69) is 11.9 Å². The number of hydrogen-bond donors (Lipinski definition) is 2. The molecule has 0 saturated heterocycles.